The van der Waals surface area contributed by atoms with Crippen LogP contribution in [-0.2, 0) is 11.2 Å². The van der Waals surface area contributed by atoms with Crippen LogP contribution in [0.2, 0.25) is 5.02 Å². The highest BCUT2D eigenvalue weighted by Crippen LogP contribution is 2.22. The number of halogens is 2. The number of aliphatic imine (C=N–C) groups is 1. The quantitative estimate of drug-likeness (QED) is 0.198. The van der Waals surface area contributed by atoms with Gasteiger partial charge in [-0.3, -0.25) is 14.7 Å². The van der Waals surface area contributed by atoms with Gasteiger partial charge < -0.3 is 20.3 Å². The lowest BCUT2D eigenvalue weighted by atomic mass is 10.1. The second-order valence-corrected chi connectivity index (χ2v) is 8.08. The Morgan fingerprint density at radius 2 is 2.13 bits per heavy atom. The molecule has 9 heteroatoms. The van der Waals surface area contributed by atoms with E-state index in [9.17, 15) is 4.79 Å². The number of likely N-dealkylation sites (tertiary alicyclic amines) is 1. The van der Waals surface area contributed by atoms with Gasteiger partial charge in [0, 0.05) is 45.3 Å². The maximum Gasteiger partial charge on any atom is 0.239 e. The van der Waals surface area contributed by atoms with Crippen LogP contribution in [0.25, 0.3) is 0 Å². The summed E-state index contributed by atoms with van der Waals surface area (Å²) in [5.41, 5.74) is 1.08. The van der Waals surface area contributed by atoms with Crippen molar-refractivity contribution in [1.29, 1.82) is 0 Å². The predicted molar refractivity (Wildman–Crippen MR) is 139 cm³/mol. The van der Waals surface area contributed by atoms with E-state index < -0.39 is 0 Å². The normalized spacial score (nSPS) is 16.5. The number of benzene rings is 1. The summed E-state index contributed by atoms with van der Waals surface area (Å²) in [6.45, 7) is 6.21. The van der Waals surface area contributed by atoms with Crippen LogP contribution in [0.1, 0.15) is 31.7 Å². The molecule has 1 heterocycles. The highest BCUT2D eigenvalue weighted by Gasteiger charge is 2.30. The van der Waals surface area contributed by atoms with Gasteiger partial charge in [-0.1, -0.05) is 17.7 Å². The fourth-order valence-corrected chi connectivity index (χ4v) is 3.92. The Morgan fingerprint density at radius 1 is 1.35 bits per heavy atom. The zero-order valence-electron chi connectivity index (χ0n) is 19.1. The molecule has 0 aromatic heterocycles. The first-order chi connectivity index (χ1) is 14.5. The zero-order valence-corrected chi connectivity index (χ0v) is 22.2. The van der Waals surface area contributed by atoms with Crippen molar-refractivity contribution in [2.75, 3.05) is 53.9 Å². The number of nitrogens with one attached hydrogen (secondary N) is 2. The molecule has 1 saturated heterocycles. The Kier molecular flexibility index (Phi) is 13.2. The lowest BCUT2D eigenvalue weighted by Gasteiger charge is -2.25. The van der Waals surface area contributed by atoms with Gasteiger partial charge in [0.15, 0.2) is 5.96 Å². The van der Waals surface area contributed by atoms with Crippen molar-refractivity contribution < 1.29 is 9.53 Å². The SMILES string of the molecule is CCNC(=NCCCN1CCCC1C(=O)N(C)C)NCCc1ccc(OC)cc1Cl.I. The number of carbonyl (C=O) groups is 1. The lowest BCUT2D eigenvalue weighted by Crippen LogP contribution is -2.43. The lowest BCUT2D eigenvalue weighted by molar-refractivity contribution is -0.133. The van der Waals surface area contributed by atoms with Crippen LogP contribution in [0, 0.1) is 0 Å². The van der Waals surface area contributed by atoms with Crippen LogP contribution in [0.5, 0.6) is 5.75 Å². The van der Waals surface area contributed by atoms with E-state index in [4.69, 9.17) is 16.3 Å². The molecule has 0 spiro atoms. The molecular formula is C22H37ClIN5O2. The number of rotatable bonds is 10. The number of ether oxygens (including phenoxy) is 1. The van der Waals surface area contributed by atoms with Crippen LogP contribution >= 0.6 is 35.6 Å². The summed E-state index contributed by atoms with van der Waals surface area (Å²) in [6, 6.07) is 5.79. The maximum absolute atomic E-state index is 12.3. The third kappa shape index (κ3) is 9.02. The summed E-state index contributed by atoms with van der Waals surface area (Å²) in [5.74, 6) is 1.78. The number of hydrogen-bond donors (Lipinski definition) is 2. The molecule has 1 aliphatic heterocycles. The summed E-state index contributed by atoms with van der Waals surface area (Å²) in [5, 5.41) is 7.37. The summed E-state index contributed by atoms with van der Waals surface area (Å²) < 4.78 is 5.19. The third-order valence-electron chi connectivity index (χ3n) is 5.25. The predicted octanol–water partition coefficient (Wildman–Crippen LogP) is 3.01. The third-order valence-corrected chi connectivity index (χ3v) is 5.61. The average molecular weight is 566 g/mol. The van der Waals surface area contributed by atoms with Crippen molar-refractivity contribution in [2.24, 2.45) is 4.99 Å². The largest absolute Gasteiger partial charge is 0.497 e. The molecule has 1 atom stereocenters. The second-order valence-electron chi connectivity index (χ2n) is 7.67. The van der Waals surface area contributed by atoms with E-state index in [0.717, 1.165) is 75.7 Å². The molecule has 7 nitrogen and oxygen atoms in total. The van der Waals surface area contributed by atoms with Crippen LogP contribution in [-0.4, -0.2) is 81.6 Å². The maximum atomic E-state index is 12.3. The van der Waals surface area contributed by atoms with Crippen molar-refractivity contribution in [1.82, 2.24) is 20.4 Å². The van der Waals surface area contributed by atoms with E-state index in [1.54, 1.807) is 12.0 Å². The summed E-state index contributed by atoms with van der Waals surface area (Å²) in [7, 11) is 5.29. The first kappa shape index (κ1) is 27.8. The molecule has 176 valence electrons. The second kappa shape index (κ2) is 14.7. The minimum Gasteiger partial charge on any atom is -0.497 e. The van der Waals surface area contributed by atoms with Gasteiger partial charge in [-0.2, -0.15) is 0 Å². The first-order valence-corrected chi connectivity index (χ1v) is 11.1. The Bertz CT molecular complexity index is 717. The molecule has 1 amide bonds. The summed E-state index contributed by atoms with van der Waals surface area (Å²) in [4.78, 5) is 21.0. The highest BCUT2D eigenvalue weighted by atomic mass is 127. The number of likely N-dealkylation sites (N-methyl/N-ethyl adjacent to an activating group) is 1. The van der Waals surface area contributed by atoms with Gasteiger partial charge in [-0.15, -0.1) is 24.0 Å². The van der Waals surface area contributed by atoms with Gasteiger partial charge in [0.2, 0.25) is 5.91 Å². The topological polar surface area (TPSA) is 69.2 Å². The number of amides is 1. The van der Waals surface area contributed by atoms with Gasteiger partial charge in [-0.05, 0) is 56.8 Å². The molecule has 1 aromatic rings. The molecule has 1 fully saturated rings. The van der Waals surface area contributed by atoms with Crippen LogP contribution < -0.4 is 15.4 Å². The molecule has 0 bridgehead atoms. The highest BCUT2D eigenvalue weighted by molar-refractivity contribution is 14.0. The molecule has 31 heavy (non-hydrogen) atoms. The minimum atomic E-state index is 0. The van der Waals surface area contributed by atoms with Crippen molar-refractivity contribution in [3.8, 4) is 5.75 Å². The van der Waals surface area contributed by atoms with E-state index in [-0.39, 0.29) is 35.9 Å². The van der Waals surface area contributed by atoms with Crippen molar-refractivity contribution >= 4 is 47.4 Å². The fraction of sp³-hybridized carbons (Fsp3) is 0.636. The van der Waals surface area contributed by atoms with Gasteiger partial charge in [0.05, 0.1) is 13.2 Å². The molecule has 1 aromatic carbocycles. The van der Waals surface area contributed by atoms with Gasteiger partial charge in [-0.25, -0.2) is 0 Å². The number of guanidine groups is 1. The molecule has 1 unspecified atom stereocenters. The summed E-state index contributed by atoms with van der Waals surface area (Å²) >= 11 is 6.32. The van der Waals surface area contributed by atoms with E-state index in [0.29, 0.717) is 5.02 Å². The van der Waals surface area contributed by atoms with Crippen molar-refractivity contribution in [3.05, 3.63) is 28.8 Å². The molecule has 1 aliphatic rings. The molecule has 0 radical (unpaired) electrons. The van der Waals surface area contributed by atoms with Gasteiger partial charge >= 0.3 is 0 Å². The molecular weight excluding hydrogens is 529 g/mol. The summed E-state index contributed by atoms with van der Waals surface area (Å²) in [6.07, 6.45) is 3.78. The first-order valence-electron chi connectivity index (χ1n) is 10.8. The number of hydrogen-bond acceptors (Lipinski definition) is 4. The number of nitrogens with zero attached hydrogens (tertiary/aromatic N) is 3. The molecule has 2 N–H and O–H groups in total. The average Bonchev–Trinajstić information content (AvgIpc) is 3.19. The Balaban J connectivity index is 0.00000480. The zero-order chi connectivity index (χ0) is 21.9. The van der Waals surface area contributed by atoms with Crippen LogP contribution in [0.15, 0.2) is 23.2 Å². The monoisotopic (exact) mass is 565 g/mol. The minimum absolute atomic E-state index is 0. The Hall–Kier alpha value is -1.26. The standard InChI is InChI=1S/C22H36ClN5O2.HI/c1-5-24-22(26-13-11-17-9-10-18(30-4)16-19(17)23)25-12-7-15-28-14-6-8-20(28)21(29)27(2)3;/h9-10,16,20H,5-8,11-15H2,1-4H3,(H2,24,25,26);1H. The van der Waals surface area contributed by atoms with Crippen LogP contribution in [0.4, 0.5) is 0 Å². The number of carbonyl (C=O) groups excluding carboxylic acids is 1. The fourth-order valence-electron chi connectivity index (χ4n) is 3.65. The van der Waals surface area contributed by atoms with E-state index in [1.807, 2.05) is 32.3 Å². The van der Waals surface area contributed by atoms with E-state index >= 15 is 0 Å². The Morgan fingerprint density at radius 3 is 2.77 bits per heavy atom. The van der Waals surface area contributed by atoms with Crippen molar-refractivity contribution in [2.45, 2.75) is 38.6 Å². The number of methoxy groups -OCH3 is 1. The van der Waals surface area contributed by atoms with Crippen molar-refractivity contribution in [3.63, 3.8) is 0 Å². The van der Waals surface area contributed by atoms with Gasteiger partial charge in [0.1, 0.15) is 5.75 Å². The molecule has 0 aliphatic carbocycles. The van der Waals surface area contributed by atoms with E-state index in [2.05, 4.69) is 27.4 Å². The Labute approximate surface area is 209 Å². The van der Waals surface area contributed by atoms with E-state index in [1.165, 1.54) is 0 Å². The smallest absolute Gasteiger partial charge is 0.239 e. The van der Waals surface area contributed by atoms with Gasteiger partial charge in [0.25, 0.3) is 0 Å². The molecule has 2 rings (SSSR count). The molecule has 0 saturated carbocycles. The van der Waals surface area contributed by atoms with Crippen LogP contribution in [0.3, 0.4) is 0 Å².